The molecular formula is C22H18O3. The van der Waals surface area contributed by atoms with E-state index in [1.807, 2.05) is 91.0 Å². The van der Waals surface area contributed by atoms with Crippen LogP contribution in [0.3, 0.4) is 0 Å². The fourth-order valence-corrected chi connectivity index (χ4v) is 3.45. The highest BCUT2D eigenvalue weighted by molar-refractivity contribution is 5.73. The smallest absolute Gasteiger partial charge is 0.333 e. The number of hydrogen-bond donors (Lipinski definition) is 0. The molecule has 3 heteroatoms. The van der Waals surface area contributed by atoms with E-state index >= 15 is 0 Å². The van der Waals surface area contributed by atoms with Crippen LogP contribution in [0.5, 0.6) is 0 Å². The lowest BCUT2D eigenvalue weighted by molar-refractivity contribution is -0.205. The van der Waals surface area contributed by atoms with Gasteiger partial charge in [0.25, 0.3) is 0 Å². The van der Waals surface area contributed by atoms with Gasteiger partial charge in [0.1, 0.15) is 12.7 Å². The van der Waals surface area contributed by atoms with Gasteiger partial charge in [0, 0.05) is 11.1 Å². The summed E-state index contributed by atoms with van der Waals surface area (Å²) in [6.45, 7) is -0.0546. The first-order chi connectivity index (χ1) is 12.3. The zero-order valence-corrected chi connectivity index (χ0v) is 13.7. The van der Waals surface area contributed by atoms with Crippen LogP contribution in [0, 0.1) is 0 Å². The molecule has 0 bridgehead atoms. The third kappa shape index (κ3) is 2.73. The van der Waals surface area contributed by atoms with Gasteiger partial charge >= 0.3 is 5.97 Å². The van der Waals surface area contributed by atoms with E-state index in [9.17, 15) is 4.79 Å². The molecule has 1 heterocycles. The Balaban J connectivity index is 1.97. The summed E-state index contributed by atoms with van der Waals surface area (Å²) in [4.78, 5) is 12.3. The zero-order valence-electron chi connectivity index (χ0n) is 13.7. The first-order valence-electron chi connectivity index (χ1n) is 8.30. The molecule has 4 rings (SSSR count). The molecule has 1 fully saturated rings. The number of rotatable bonds is 3. The Bertz CT molecular complexity index is 805. The van der Waals surface area contributed by atoms with Crippen LogP contribution in [0.1, 0.15) is 22.8 Å². The zero-order chi connectivity index (χ0) is 17.1. The molecule has 1 aliphatic rings. The largest absolute Gasteiger partial charge is 0.444 e. The summed E-state index contributed by atoms with van der Waals surface area (Å²) in [5.41, 5.74) is 1.74. The van der Waals surface area contributed by atoms with Gasteiger partial charge in [0.05, 0.1) is 0 Å². The molecule has 0 aliphatic carbocycles. The van der Waals surface area contributed by atoms with E-state index in [-0.39, 0.29) is 12.6 Å². The molecule has 3 aromatic rings. The van der Waals surface area contributed by atoms with Crippen molar-refractivity contribution < 1.29 is 14.3 Å². The molecule has 0 aromatic heterocycles. The maximum Gasteiger partial charge on any atom is 0.333 e. The molecule has 0 spiro atoms. The van der Waals surface area contributed by atoms with E-state index in [1.54, 1.807) is 0 Å². The fourth-order valence-electron chi connectivity index (χ4n) is 3.45. The minimum absolute atomic E-state index is 0.0546. The quantitative estimate of drug-likeness (QED) is 0.674. The monoisotopic (exact) mass is 330 g/mol. The van der Waals surface area contributed by atoms with Crippen LogP contribution in [0.25, 0.3) is 0 Å². The lowest BCUT2D eigenvalue weighted by atomic mass is 9.78. The summed E-state index contributed by atoms with van der Waals surface area (Å²) < 4.78 is 12.1. The molecule has 124 valence electrons. The molecule has 0 saturated carbocycles. The lowest BCUT2D eigenvalue weighted by Gasteiger charge is -2.43. The molecule has 0 amide bonds. The Hall–Kier alpha value is -2.91. The second-order valence-electron chi connectivity index (χ2n) is 6.04. The Morgan fingerprint density at radius 3 is 1.72 bits per heavy atom. The van der Waals surface area contributed by atoms with Crippen molar-refractivity contribution in [2.24, 2.45) is 0 Å². The second kappa shape index (κ2) is 6.54. The summed E-state index contributed by atoms with van der Waals surface area (Å²) in [6, 6.07) is 29.5. The van der Waals surface area contributed by atoms with Crippen molar-refractivity contribution in [1.29, 1.82) is 0 Å². The predicted molar refractivity (Wildman–Crippen MR) is 94.9 cm³/mol. The van der Waals surface area contributed by atoms with Gasteiger partial charge in [-0.25, -0.2) is 4.79 Å². The summed E-state index contributed by atoms with van der Waals surface area (Å²) in [7, 11) is 0. The topological polar surface area (TPSA) is 35.5 Å². The van der Waals surface area contributed by atoms with E-state index in [4.69, 9.17) is 9.47 Å². The van der Waals surface area contributed by atoms with E-state index in [0.717, 1.165) is 16.7 Å². The van der Waals surface area contributed by atoms with Crippen LogP contribution in [0.4, 0.5) is 0 Å². The van der Waals surface area contributed by atoms with E-state index < -0.39 is 11.7 Å². The number of benzene rings is 3. The Morgan fingerprint density at radius 1 is 0.720 bits per heavy atom. The number of hydrogen-bond acceptors (Lipinski definition) is 3. The van der Waals surface area contributed by atoms with Gasteiger partial charge in [-0.3, -0.25) is 0 Å². The number of cyclic esters (lactones) is 1. The van der Waals surface area contributed by atoms with Gasteiger partial charge in [0.2, 0.25) is 0 Å². The standard InChI is InChI=1S/C22H18O3/c23-20-16-24-21(17-10-4-1-5-11-17)22(25-20,18-12-6-2-7-13-18)19-14-8-3-9-15-19/h1-15,21H,16H2. The van der Waals surface area contributed by atoms with Gasteiger partial charge in [-0.1, -0.05) is 91.0 Å². The van der Waals surface area contributed by atoms with Crippen molar-refractivity contribution >= 4 is 5.97 Å². The summed E-state index contributed by atoms with van der Waals surface area (Å²) in [6.07, 6.45) is -0.420. The highest BCUT2D eigenvalue weighted by atomic mass is 16.6. The minimum Gasteiger partial charge on any atom is -0.444 e. The van der Waals surface area contributed by atoms with Crippen LogP contribution in [0.2, 0.25) is 0 Å². The fraction of sp³-hybridized carbons (Fsp3) is 0.136. The highest BCUT2D eigenvalue weighted by Crippen LogP contribution is 2.48. The van der Waals surface area contributed by atoms with Crippen LogP contribution in [-0.4, -0.2) is 12.6 Å². The molecule has 0 N–H and O–H groups in total. The molecule has 1 atom stereocenters. The average molecular weight is 330 g/mol. The van der Waals surface area contributed by atoms with Gasteiger partial charge < -0.3 is 9.47 Å². The van der Waals surface area contributed by atoms with Crippen LogP contribution in [-0.2, 0) is 19.9 Å². The normalized spacial score (nSPS) is 19.2. The third-order valence-corrected chi connectivity index (χ3v) is 4.52. The molecule has 1 saturated heterocycles. The number of ether oxygens (including phenoxy) is 2. The first-order valence-corrected chi connectivity index (χ1v) is 8.30. The molecule has 25 heavy (non-hydrogen) atoms. The minimum atomic E-state index is -1.01. The number of carbonyl (C=O) groups is 1. The number of carbonyl (C=O) groups excluding carboxylic acids is 1. The third-order valence-electron chi connectivity index (χ3n) is 4.52. The maximum atomic E-state index is 12.3. The molecule has 3 nitrogen and oxygen atoms in total. The van der Waals surface area contributed by atoms with Crippen LogP contribution < -0.4 is 0 Å². The van der Waals surface area contributed by atoms with E-state index in [1.165, 1.54) is 0 Å². The van der Waals surface area contributed by atoms with Crippen LogP contribution in [0.15, 0.2) is 91.0 Å². The van der Waals surface area contributed by atoms with E-state index in [0.29, 0.717) is 0 Å². The van der Waals surface area contributed by atoms with Crippen molar-refractivity contribution in [2.75, 3.05) is 6.61 Å². The highest BCUT2D eigenvalue weighted by Gasteiger charge is 2.50. The Kier molecular flexibility index (Phi) is 4.08. The summed E-state index contributed by atoms with van der Waals surface area (Å²) >= 11 is 0. The average Bonchev–Trinajstić information content (AvgIpc) is 2.70. The van der Waals surface area contributed by atoms with Crippen molar-refractivity contribution in [3.05, 3.63) is 108 Å². The lowest BCUT2D eigenvalue weighted by Crippen LogP contribution is -2.46. The van der Waals surface area contributed by atoms with Gasteiger partial charge in [-0.2, -0.15) is 0 Å². The Morgan fingerprint density at radius 2 is 1.20 bits per heavy atom. The SMILES string of the molecule is O=C1COC(c2ccccc2)C(c2ccccc2)(c2ccccc2)O1. The van der Waals surface area contributed by atoms with Crippen molar-refractivity contribution in [1.82, 2.24) is 0 Å². The van der Waals surface area contributed by atoms with Crippen LogP contribution >= 0.6 is 0 Å². The van der Waals surface area contributed by atoms with Crippen molar-refractivity contribution in [3.8, 4) is 0 Å². The van der Waals surface area contributed by atoms with Gasteiger partial charge in [0.15, 0.2) is 5.60 Å². The van der Waals surface area contributed by atoms with Crippen molar-refractivity contribution in [2.45, 2.75) is 11.7 Å². The van der Waals surface area contributed by atoms with Gasteiger partial charge in [-0.05, 0) is 5.56 Å². The number of esters is 1. The van der Waals surface area contributed by atoms with E-state index in [2.05, 4.69) is 0 Å². The first kappa shape index (κ1) is 15.6. The second-order valence-corrected chi connectivity index (χ2v) is 6.04. The van der Waals surface area contributed by atoms with Crippen molar-refractivity contribution in [3.63, 3.8) is 0 Å². The molecule has 3 aromatic carbocycles. The molecular weight excluding hydrogens is 312 g/mol. The maximum absolute atomic E-state index is 12.3. The molecule has 1 aliphatic heterocycles. The Labute approximate surface area is 146 Å². The summed E-state index contributed by atoms with van der Waals surface area (Å²) in [5.74, 6) is -0.361. The summed E-state index contributed by atoms with van der Waals surface area (Å²) in [5, 5.41) is 0. The predicted octanol–water partition coefficient (Wildman–Crippen LogP) is 4.24. The molecule has 0 radical (unpaired) electrons. The molecule has 1 unspecified atom stereocenters. The van der Waals surface area contributed by atoms with Gasteiger partial charge in [-0.15, -0.1) is 0 Å².